The van der Waals surface area contributed by atoms with Crippen LogP contribution in [0.2, 0.25) is 0 Å². The standard InChI is InChI=1S/C22H26N4O2S/c1-14-19(13-17-7-9-18(28-4)10-8-17)16(3)26(24-14)22-23-15(2)20(29-22)21(27)25-11-5-6-12-25/h7-10H,5-6,11-13H2,1-4H3. The summed E-state index contributed by atoms with van der Waals surface area (Å²) in [7, 11) is 1.67. The van der Waals surface area contributed by atoms with E-state index in [1.165, 1.54) is 22.5 Å². The molecule has 0 aliphatic carbocycles. The third kappa shape index (κ3) is 3.79. The first-order valence-corrected chi connectivity index (χ1v) is 10.7. The van der Waals surface area contributed by atoms with Gasteiger partial charge in [-0.1, -0.05) is 23.5 Å². The van der Waals surface area contributed by atoms with Crippen LogP contribution in [-0.4, -0.2) is 45.8 Å². The van der Waals surface area contributed by atoms with Gasteiger partial charge >= 0.3 is 0 Å². The van der Waals surface area contributed by atoms with Crippen LogP contribution >= 0.6 is 11.3 Å². The number of likely N-dealkylation sites (tertiary alicyclic amines) is 1. The van der Waals surface area contributed by atoms with E-state index in [-0.39, 0.29) is 5.91 Å². The summed E-state index contributed by atoms with van der Waals surface area (Å²) in [5, 5.41) is 5.49. The monoisotopic (exact) mass is 410 g/mol. The van der Waals surface area contributed by atoms with Gasteiger partial charge in [-0.15, -0.1) is 0 Å². The van der Waals surface area contributed by atoms with Crippen molar-refractivity contribution in [1.82, 2.24) is 19.7 Å². The van der Waals surface area contributed by atoms with Gasteiger partial charge in [0, 0.05) is 30.8 Å². The molecular weight excluding hydrogens is 384 g/mol. The molecule has 1 fully saturated rings. The Morgan fingerprint density at radius 1 is 1.10 bits per heavy atom. The van der Waals surface area contributed by atoms with Gasteiger partial charge in [-0.25, -0.2) is 9.67 Å². The number of aromatic nitrogens is 3. The summed E-state index contributed by atoms with van der Waals surface area (Å²) in [6.07, 6.45) is 2.97. The first kappa shape index (κ1) is 19.6. The number of rotatable bonds is 5. The van der Waals surface area contributed by atoms with Crippen molar-refractivity contribution in [2.45, 2.75) is 40.0 Å². The number of benzene rings is 1. The SMILES string of the molecule is COc1ccc(Cc2c(C)nn(-c3nc(C)c(C(=O)N4CCCC4)s3)c2C)cc1. The van der Waals surface area contributed by atoms with Crippen molar-refractivity contribution in [3.05, 3.63) is 57.4 Å². The van der Waals surface area contributed by atoms with Crippen LogP contribution in [0.15, 0.2) is 24.3 Å². The fraction of sp³-hybridized carbons (Fsp3) is 0.409. The zero-order valence-corrected chi connectivity index (χ0v) is 18.2. The van der Waals surface area contributed by atoms with Crippen LogP contribution in [0.25, 0.3) is 5.13 Å². The zero-order chi connectivity index (χ0) is 20.5. The summed E-state index contributed by atoms with van der Waals surface area (Å²) >= 11 is 1.44. The van der Waals surface area contributed by atoms with E-state index < -0.39 is 0 Å². The van der Waals surface area contributed by atoms with Crippen LogP contribution < -0.4 is 4.74 Å². The lowest BCUT2D eigenvalue weighted by Crippen LogP contribution is -2.27. The topological polar surface area (TPSA) is 60.2 Å². The second-order valence-electron chi connectivity index (χ2n) is 7.50. The number of carbonyl (C=O) groups excluding carboxylic acids is 1. The molecule has 0 spiro atoms. The number of nitrogens with zero attached hydrogens (tertiary/aromatic N) is 4. The molecule has 0 unspecified atom stereocenters. The fourth-order valence-corrected chi connectivity index (χ4v) is 4.84. The molecule has 152 valence electrons. The van der Waals surface area contributed by atoms with Crippen LogP contribution in [0, 0.1) is 20.8 Å². The number of amides is 1. The highest BCUT2D eigenvalue weighted by molar-refractivity contribution is 7.16. The highest BCUT2D eigenvalue weighted by Crippen LogP contribution is 2.28. The Bertz CT molecular complexity index is 1030. The van der Waals surface area contributed by atoms with Crippen molar-refractivity contribution < 1.29 is 9.53 Å². The smallest absolute Gasteiger partial charge is 0.265 e. The molecule has 6 nitrogen and oxygen atoms in total. The summed E-state index contributed by atoms with van der Waals surface area (Å²) in [5.41, 5.74) is 5.23. The summed E-state index contributed by atoms with van der Waals surface area (Å²) < 4.78 is 7.13. The number of carbonyl (C=O) groups is 1. The largest absolute Gasteiger partial charge is 0.497 e. The molecule has 1 aliphatic rings. The van der Waals surface area contributed by atoms with Crippen molar-refractivity contribution in [2.75, 3.05) is 20.2 Å². The van der Waals surface area contributed by atoms with Crippen molar-refractivity contribution in [2.24, 2.45) is 0 Å². The van der Waals surface area contributed by atoms with Crippen molar-refractivity contribution in [1.29, 1.82) is 0 Å². The first-order valence-electron chi connectivity index (χ1n) is 9.93. The van der Waals surface area contributed by atoms with E-state index >= 15 is 0 Å². The molecule has 29 heavy (non-hydrogen) atoms. The number of hydrogen-bond donors (Lipinski definition) is 0. The van der Waals surface area contributed by atoms with Gasteiger partial charge in [0.2, 0.25) is 5.13 Å². The van der Waals surface area contributed by atoms with Gasteiger partial charge < -0.3 is 9.64 Å². The minimum atomic E-state index is 0.101. The molecule has 0 atom stereocenters. The number of methoxy groups -OCH3 is 1. The summed E-state index contributed by atoms with van der Waals surface area (Å²) in [6, 6.07) is 8.11. The Balaban J connectivity index is 1.62. The highest BCUT2D eigenvalue weighted by atomic mass is 32.1. The molecule has 0 bridgehead atoms. The maximum atomic E-state index is 12.8. The van der Waals surface area contributed by atoms with Crippen LogP contribution in [0.5, 0.6) is 5.75 Å². The van der Waals surface area contributed by atoms with Gasteiger partial charge in [0.1, 0.15) is 10.6 Å². The highest BCUT2D eigenvalue weighted by Gasteiger charge is 2.25. The van der Waals surface area contributed by atoms with Crippen LogP contribution in [0.3, 0.4) is 0 Å². The Labute approximate surface area is 175 Å². The summed E-state index contributed by atoms with van der Waals surface area (Å²) in [6.45, 7) is 7.69. The Kier molecular flexibility index (Phi) is 5.41. The van der Waals surface area contributed by atoms with E-state index in [1.807, 2.05) is 35.6 Å². The molecule has 0 radical (unpaired) electrons. The predicted molar refractivity (Wildman–Crippen MR) is 114 cm³/mol. The average Bonchev–Trinajstić information content (AvgIpc) is 3.44. The van der Waals surface area contributed by atoms with Crippen LogP contribution in [-0.2, 0) is 6.42 Å². The lowest BCUT2D eigenvalue weighted by atomic mass is 10.0. The van der Waals surface area contributed by atoms with E-state index in [0.717, 1.165) is 65.2 Å². The molecule has 0 saturated carbocycles. The molecule has 0 N–H and O–H groups in total. The molecule has 7 heteroatoms. The van der Waals surface area contributed by atoms with Gasteiger partial charge in [0.15, 0.2) is 0 Å². The van der Waals surface area contributed by atoms with Crippen molar-refractivity contribution >= 4 is 17.2 Å². The third-order valence-electron chi connectivity index (χ3n) is 5.54. The summed E-state index contributed by atoms with van der Waals surface area (Å²) in [4.78, 5) is 20.2. The normalized spacial score (nSPS) is 13.9. The molecule has 3 aromatic rings. The fourth-order valence-electron chi connectivity index (χ4n) is 3.80. The minimum absolute atomic E-state index is 0.101. The van der Waals surface area contributed by atoms with Gasteiger partial charge in [-0.3, -0.25) is 4.79 Å². The minimum Gasteiger partial charge on any atom is -0.497 e. The zero-order valence-electron chi connectivity index (χ0n) is 17.4. The van der Waals surface area contributed by atoms with Crippen LogP contribution in [0.4, 0.5) is 0 Å². The predicted octanol–water partition coefficient (Wildman–Crippen LogP) is 4.09. The van der Waals surface area contributed by atoms with E-state index in [9.17, 15) is 4.79 Å². The van der Waals surface area contributed by atoms with Gasteiger partial charge in [-0.2, -0.15) is 5.10 Å². The Morgan fingerprint density at radius 3 is 2.45 bits per heavy atom. The van der Waals surface area contributed by atoms with E-state index in [1.54, 1.807) is 7.11 Å². The molecule has 1 aromatic carbocycles. The molecular formula is C22H26N4O2S. The van der Waals surface area contributed by atoms with Crippen molar-refractivity contribution in [3.63, 3.8) is 0 Å². The molecule has 1 saturated heterocycles. The van der Waals surface area contributed by atoms with E-state index in [0.29, 0.717) is 0 Å². The second-order valence-corrected chi connectivity index (χ2v) is 8.47. The van der Waals surface area contributed by atoms with Gasteiger partial charge in [0.25, 0.3) is 5.91 Å². The number of ether oxygens (including phenoxy) is 1. The Hall–Kier alpha value is -2.67. The Morgan fingerprint density at radius 2 is 1.79 bits per heavy atom. The third-order valence-corrected chi connectivity index (χ3v) is 6.66. The summed E-state index contributed by atoms with van der Waals surface area (Å²) in [5.74, 6) is 0.954. The van der Waals surface area contributed by atoms with E-state index in [2.05, 4.69) is 24.0 Å². The second kappa shape index (κ2) is 7.99. The molecule has 1 aliphatic heterocycles. The maximum absolute atomic E-state index is 12.8. The molecule has 4 rings (SSSR count). The lowest BCUT2D eigenvalue weighted by Gasteiger charge is -2.13. The molecule has 3 heterocycles. The molecule has 2 aromatic heterocycles. The first-order chi connectivity index (χ1) is 14.0. The number of aryl methyl sites for hydroxylation is 2. The van der Waals surface area contributed by atoms with Gasteiger partial charge in [0.05, 0.1) is 18.5 Å². The average molecular weight is 411 g/mol. The number of hydrogen-bond acceptors (Lipinski definition) is 5. The van der Waals surface area contributed by atoms with Crippen molar-refractivity contribution in [3.8, 4) is 10.9 Å². The number of thiazole rings is 1. The lowest BCUT2D eigenvalue weighted by molar-refractivity contribution is 0.0796. The van der Waals surface area contributed by atoms with Crippen LogP contribution in [0.1, 0.15) is 50.7 Å². The maximum Gasteiger partial charge on any atom is 0.265 e. The molecule has 1 amide bonds. The van der Waals surface area contributed by atoms with E-state index in [4.69, 9.17) is 9.84 Å². The quantitative estimate of drug-likeness (QED) is 0.636. The van der Waals surface area contributed by atoms with Gasteiger partial charge in [-0.05, 0) is 51.3 Å².